The monoisotopic (exact) mass is 383 g/mol. The molecule has 0 amide bonds. The summed E-state index contributed by atoms with van der Waals surface area (Å²) in [4.78, 5) is 4.28. The minimum atomic E-state index is 0.512. The normalized spacial score (nSPS) is 22.0. The molecule has 0 radical (unpaired) electrons. The summed E-state index contributed by atoms with van der Waals surface area (Å²) in [6.45, 7) is 6.08. The van der Waals surface area contributed by atoms with E-state index in [4.69, 9.17) is 14.2 Å². The number of aliphatic imine (C=N–C) groups is 1. The fourth-order valence-electron chi connectivity index (χ4n) is 3.66. The van der Waals surface area contributed by atoms with Gasteiger partial charge in [0.15, 0.2) is 5.96 Å². The molecule has 2 fully saturated rings. The molecule has 0 aromatic carbocycles. The Morgan fingerprint density at radius 3 is 2.44 bits per heavy atom. The highest BCUT2D eigenvalue weighted by Crippen LogP contribution is 2.19. The first kappa shape index (κ1) is 22.4. The molecule has 2 N–H and O–H groups in total. The van der Waals surface area contributed by atoms with Crippen LogP contribution in [0.3, 0.4) is 0 Å². The molecular formula is C21H41N3O3. The quantitative estimate of drug-likeness (QED) is 0.235. The van der Waals surface area contributed by atoms with Gasteiger partial charge >= 0.3 is 0 Å². The molecule has 1 unspecified atom stereocenters. The molecule has 0 aromatic rings. The van der Waals surface area contributed by atoms with Crippen LogP contribution in [0.2, 0.25) is 0 Å². The Morgan fingerprint density at radius 2 is 1.74 bits per heavy atom. The highest BCUT2D eigenvalue weighted by atomic mass is 16.5. The smallest absolute Gasteiger partial charge is 0.190 e. The number of hydrogen-bond donors (Lipinski definition) is 2. The van der Waals surface area contributed by atoms with Gasteiger partial charge in [0.25, 0.3) is 0 Å². The number of unbranched alkanes of at least 4 members (excludes halogenated alkanes) is 1. The lowest BCUT2D eigenvalue weighted by molar-refractivity contribution is 0.0411. The number of nitrogens with one attached hydrogen (secondary N) is 2. The summed E-state index contributed by atoms with van der Waals surface area (Å²) < 4.78 is 17.1. The van der Waals surface area contributed by atoms with Crippen LogP contribution in [0.1, 0.15) is 64.2 Å². The van der Waals surface area contributed by atoms with E-state index < -0.39 is 0 Å². The van der Waals surface area contributed by atoms with Crippen LogP contribution in [0.4, 0.5) is 0 Å². The summed E-state index contributed by atoms with van der Waals surface area (Å²) >= 11 is 0. The molecule has 1 saturated carbocycles. The molecule has 1 aliphatic heterocycles. The molecule has 1 aliphatic carbocycles. The number of rotatable bonds is 12. The average molecular weight is 384 g/mol. The lowest BCUT2D eigenvalue weighted by Gasteiger charge is -2.15. The summed E-state index contributed by atoms with van der Waals surface area (Å²) in [6, 6.07) is 0. The molecule has 0 spiro atoms. The predicted molar refractivity (Wildman–Crippen MR) is 110 cm³/mol. The van der Waals surface area contributed by atoms with Crippen LogP contribution >= 0.6 is 0 Å². The third-order valence-corrected chi connectivity index (χ3v) is 5.38. The van der Waals surface area contributed by atoms with Crippen molar-refractivity contribution in [2.45, 2.75) is 70.3 Å². The van der Waals surface area contributed by atoms with Gasteiger partial charge in [-0.1, -0.05) is 25.7 Å². The number of guanidine groups is 1. The van der Waals surface area contributed by atoms with Crippen LogP contribution in [0.25, 0.3) is 0 Å². The Morgan fingerprint density at radius 1 is 0.963 bits per heavy atom. The van der Waals surface area contributed by atoms with Gasteiger partial charge in [-0.3, -0.25) is 4.99 Å². The predicted octanol–water partition coefficient (Wildman–Crippen LogP) is 3.11. The Bertz CT molecular complexity index is 379. The summed E-state index contributed by atoms with van der Waals surface area (Å²) in [6.07, 6.45) is 12.8. The topological polar surface area (TPSA) is 64.1 Å². The van der Waals surface area contributed by atoms with E-state index in [-0.39, 0.29) is 0 Å². The molecule has 2 aliphatic rings. The Balaban J connectivity index is 1.37. The molecule has 6 nitrogen and oxygen atoms in total. The van der Waals surface area contributed by atoms with Crippen molar-refractivity contribution in [3.05, 3.63) is 0 Å². The van der Waals surface area contributed by atoms with Crippen molar-refractivity contribution in [1.29, 1.82) is 0 Å². The van der Waals surface area contributed by atoms with Crippen molar-refractivity contribution in [3.63, 3.8) is 0 Å². The average Bonchev–Trinajstić information content (AvgIpc) is 3.07. The van der Waals surface area contributed by atoms with Gasteiger partial charge < -0.3 is 24.8 Å². The maximum atomic E-state index is 6.04. The van der Waals surface area contributed by atoms with E-state index in [0.29, 0.717) is 12.0 Å². The van der Waals surface area contributed by atoms with E-state index in [1.165, 1.54) is 38.5 Å². The van der Waals surface area contributed by atoms with Crippen molar-refractivity contribution < 1.29 is 14.2 Å². The number of ether oxygens (including phenoxy) is 3. The van der Waals surface area contributed by atoms with Crippen LogP contribution < -0.4 is 10.6 Å². The maximum Gasteiger partial charge on any atom is 0.190 e. The van der Waals surface area contributed by atoms with Crippen LogP contribution in [0, 0.1) is 5.92 Å². The lowest BCUT2D eigenvalue weighted by Crippen LogP contribution is -2.38. The first-order chi connectivity index (χ1) is 13.4. The van der Waals surface area contributed by atoms with Gasteiger partial charge in [-0.2, -0.15) is 0 Å². The summed E-state index contributed by atoms with van der Waals surface area (Å²) in [5, 5.41) is 6.73. The highest BCUT2D eigenvalue weighted by molar-refractivity contribution is 5.79. The van der Waals surface area contributed by atoms with Gasteiger partial charge in [-0.15, -0.1) is 0 Å². The van der Waals surface area contributed by atoms with Crippen LogP contribution in [-0.2, 0) is 14.2 Å². The standard InChI is InChI=1S/C21H41N3O3/c1-22-21(24-13-8-14-25-17-19-11-16-26-18-19)23-12-6-7-15-27-20-9-4-2-3-5-10-20/h19-20H,2-18H2,1H3,(H2,22,23,24). The second kappa shape index (κ2) is 15.1. The Labute approximate surface area is 165 Å². The third kappa shape index (κ3) is 10.9. The molecule has 0 bridgehead atoms. The highest BCUT2D eigenvalue weighted by Gasteiger charge is 2.15. The minimum absolute atomic E-state index is 0.512. The molecule has 1 saturated heterocycles. The first-order valence-corrected chi connectivity index (χ1v) is 11.1. The molecule has 6 heteroatoms. The zero-order chi connectivity index (χ0) is 19.0. The third-order valence-electron chi connectivity index (χ3n) is 5.38. The SMILES string of the molecule is CN=C(NCCCCOC1CCCCCC1)NCCCOCC1CCOC1. The summed E-state index contributed by atoms with van der Waals surface area (Å²) in [5.41, 5.74) is 0. The van der Waals surface area contributed by atoms with Crippen molar-refractivity contribution in [2.24, 2.45) is 10.9 Å². The first-order valence-electron chi connectivity index (χ1n) is 11.1. The zero-order valence-electron chi connectivity index (χ0n) is 17.3. The number of hydrogen-bond acceptors (Lipinski definition) is 4. The van der Waals surface area contributed by atoms with Gasteiger partial charge in [0.2, 0.25) is 0 Å². The molecule has 0 aromatic heterocycles. The van der Waals surface area contributed by atoms with E-state index >= 15 is 0 Å². The second-order valence-electron chi connectivity index (χ2n) is 7.78. The van der Waals surface area contributed by atoms with E-state index in [0.717, 1.165) is 77.8 Å². The van der Waals surface area contributed by atoms with Crippen molar-refractivity contribution in [1.82, 2.24) is 10.6 Å². The van der Waals surface area contributed by atoms with Crippen molar-refractivity contribution >= 4 is 5.96 Å². The zero-order valence-corrected chi connectivity index (χ0v) is 17.3. The van der Waals surface area contributed by atoms with Gasteiger partial charge in [-0.25, -0.2) is 0 Å². The van der Waals surface area contributed by atoms with Crippen LogP contribution in [-0.4, -0.2) is 65.2 Å². The van der Waals surface area contributed by atoms with Crippen LogP contribution in [0.15, 0.2) is 4.99 Å². The molecular weight excluding hydrogens is 342 g/mol. The van der Waals surface area contributed by atoms with Crippen LogP contribution in [0.5, 0.6) is 0 Å². The largest absolute Gasteiger partial charge is 0.381 e. The van der Waals surface area contributed by atoms with Gasteiger partial charge in [-0.05, 0) is 38.5 Å². The van der Waals surface area contributed by atoms with E-state index in [9.17, 15) is 0 Å². The van der Waals surface area contributed by atoms with Gasteiger partial charge in [0, 0.05) is 45.9 Å². The summed E-state index contributed by atoms with van der Waals surface area (Å²) in [5.74, 6) is 1.47. The Hall–Kier alpha value is -0.850. The number of nitrogens with zero attached hydrogens (tertiary/aromatic N) is 1. The minimum Gasteiger partial charge on any atom is -0.381 e. The fourth-order valence-corrected chi connectivity index (χ4v) is 3.66. The van der Waals surface area contributed by atoms with Crippen molar-refractivity contribution in [3.8, 4) is 0 Å². The van der Waals surface area contributed by atoms with Crippen molar-refractivity contribution in [2.75, 3.05) is 53.2 Å². The summed E-state index contributed by atoms with van der Waals surface area (Å²) in [7, 11) is 1.82. The van der Waals surface area contributed by atoms with Gasteiger partial charge in [0.05, 0.1) is 19.3 Å². The van der Waals surface area contributed by atoms with Gasteiger partial charge in [0.1, 0.15) is 0 Å². The fraction of sp³-hybridized carbons (Fsp3) is 0.952. The van der Waals surface area contributed by atoms with E-state index in [2.05, 4.69) is 15.6 Å². The molecule has 158 valence electrons. The lowest BCUT2D eigenvalue weighted by atomic mass is 10.1. The Kier molecular flexibility index (Phi) is 12.6. The molecule has 1 atom stereocenters. The molecule has 1 heterocycles. The maximum absolute atomic E-state index is 6.04. The van der Waals surface area contributed by atoms with E-state index in [1.807, 2.05) is 7.05 Å². The molecule has 27 heavy (non-hydrogen) atoms. The molecule has 2 rings (SSSR count). The van der Waals surface area contributed by atoms with E-state index in [1.54, 1.807) is 0 Å². The second-order valence-corrected chi connectivity index (χ2v) is 7.78.